The number of aromatic nitrogens is 2. The molecule has 2 unspecified atom stereocenters. The van der Waals surface area contributed by atoms with Crippen molar-refractivity contribution in [3.05, 3.63) is 53.6 Å². The van der Waals surface area contributed by atoms with E-state index in [0.717, 1.165) is 24.2 Å². The van der Waals surface area contributed by atoms with Crippen LogP contribution in [0.4, 0.5) is 4.39 Å². The van der Waals surface area contributed by atoms with Gasteiger partial charge in [-0.1, -0.05) is 12.1 Å². The van der Waals surface area contributed by atoms with Crippen LogP contribution in [0.5, 0.6) is 0 Å². The summed E-state index contributed by atoms with van der Waals surface area (Å²) in [5.41, 5.74) is 2.31. The van der Waals surface area contributed by atoms with Gasteiger partial charge in [-0.25, -0.2) is 4.39 Å². The molecule has 2 saturated heterocycles. The van der Waals surface area contributed by atoms with Crippen molar-refractivity contribution >= 4 is 0 Å². The van der Waals surface area contributed by atoms with Gasteiger partial charge in [0.1, 0.15) is 5.82 Å². The van der Waals surface area contributed by atoms with E-state index in [4.69, 9.17) is 0 Å². The summed E-state index contributed by atoms with van der Waals surface area (Å²) in [4.78, 5) is 2.48. The largest absolute Gasteiger partial charge is 0.311 e. The number of rotatable bonds is 5. The van der Waals surface area contributed by atoms with Gasteiger partial charge in [-0.2, -0.15) is 5.10 Å². The molecule has 1 N–H and O–H groups in total. The van der Waals surface area contributed by atoms with Gasteiger partial charge in [-0.05, 0) is 50.4 Å². The first kappa shape index (κ1) is 15.8. The highest BCUT2D eigenvalue weighted by atomic mass is 19.1. The molecule has 0 aliphatic carbocycles. The van der Waals surface area contributed by atoms with Crippen LogP contribution in [0.25, 0.3) is 0 Å². The van der Waals surface area contributed by atoms with Crippen molar-refractivity contribution in [3.63, 3.8) is 0 Å². The molecule has 2 atom stereocenters. The van der Waals surface area contributed by atoms with E-state index in [2.05, 4.69) is 28.6 Å². The minimum absolute atomic E-state index is 0.197. The standard InChI is InChI=1S/C19H25FN4/c1-23(19-8-17-6-7-18(9-19)22-17)11-15-10-21-24(13-15)12-14-2-4-16(20)5-3-14/h2-5,10,13,17-19,22H,6-9,11-12H2,1H3. The van der Waals surface area contributed by atoms with Gasteiger partial charge in [0.05, 0.1) is 12.7 Å². The molecular weight excluding hydrogens is 303 g/mol. The zero-order valence-electron chi connectivity index (χ0n) is 14.2. The Morgan fingerprint density at radius 3 is 2.58 bits per heavy atom. The minimum Gasteiger partial charge on any atom is -0.311 e. The molecule has 24 heavy (non-hydrogen) atoms. The summed E-state index contributed by atoms with van der Waals surface area (Å²) in [5, 5.41) is 8.16. The fraction of sp³-hybridized carbons (Fsp3) is 0.526. The highest BCUT2D eigenvalue weighted by molar-refractivity contribution is 5.17. The average Bonchev–Trinajstić information content (AvgIpc) is 3.15. The van der Waals surface area contributed by atoms with E-state index in [0.29, 0.717) is 12.6 Å². The fourth-order valence-corrected chi connectivity index (χ4v) is 4.16. The zero-order valence-corrected chi connectivity index (χ0v) is 14.2. The third kappa shape index (κ3) is 3.52. The van der Waals surface area contributed by atoms with Crippen LogP contribution in [0.1, 0.15) is 36.8 Å². The first-order valence-electron chi connectivity index (χ1n) is 8.88. The van der Waals surface area contributed by atoms with E-state index < -0.39 is 0 Å². The average molecular weight is 328 g/mol. The second-order valence-electron chi connectivity index (χ2n) is 7.35. The van der Waals surface area contributed by atoms with Gasteiger partial charge in [0.25, 0.3) is 0 Å². The van der Waals surface area contributed by atoms with Crippen LogP contribution in [-0.4, -0.2) is 39.9 Å². The third-order valence-electron chi connectivity index (χ3n) is 5.45. The molecule has 2 aromatic rings. The van der Waals surface area contributed by atoms with Crippen LogP contribution in [0.15, 0.2) is 36.7 Å². The Hall–Kier alpha value is -1.72. The quantitative estimate of drug-likeness (QED) is 0.916. The Balaban J connectivity index is 1.35. The molecule has 0 saturated carbocycles. The topological polar surface area (TPSA) is 33.1 Å². The molecule has 0 amide bonds. The molecule has 5 heteroatoms. The first-order valence-corrected chi connectivity index (χ1v) is 8.88. The third-order valence-corrected chi connectivity index (χ3v) is 5.45. The van der Waals surface area contributed by atoms with Crippen LogP contribution < -0.4 is 5.32 Å². The summed E-state index contributed by atoms with van der Waals surface area (Å²) in [6.07, 6.45) is 9.26. The van der Waals surface area contributed by atoms with Crippen molar-refractivity contribution in [2.75, 3.05) is 7.05 Å². The monoisotopic (exact) mass is 328 g/mol. The van der Waals surface area contributed by atoms with Gasteiger partial charge in [-0.15, -0.1) is 0 Å². The molecule has 2 aliphatic heterocycles. The number of hydrogen-bond donors (Lipinski definition) is 1. The molecule has 3 heterocycles. The summed E-state index contributed by atoms with van der Waals surface area (Å²) >= 11 is 0. The van der Waals surface area contributed by atoms with E-state index in [1.165, 1.54) is 43.4 Å². The maximum atomic E-state index is 13.0. The molecular formula is C19H25FN4. The van der Waals surface area contributed by atoms with E-state index in [1.54, 1.807) is 0 Å². The summed E-state index contributed by atoms with van der Waals surface area (Å²) in [5.74, 6) is -0.197. The van der Waals surface area contributed by atoms with Crippen molar-refractivity contribution in [2.24, 2.45) is 0 Å². The van der Waals surface area contributed by atoms with E-state index in [9.17, 15) is 4.39 Å². The van der Waals surface area contributed by atoms with E-state index in [1.807, 2.05) is 23.0 Å². The van der Waals surface area contributed by atoms with Gasteiger partial charge in [0.2, 0.25) is 0 Å². The number of nitrogens with one attached hydrogen (secondary N) is 1. The number of hydrogen-bond acceptors (Lipinski definition) is 3. The number of nitrogens with zero attached hydrogens (tertiary/aromatic N) is 3. The van der Waals surface area contributed by atoms with Crippen molar-refractivity contribution < 1.29 is 4.39 Å². The van der Waals surface area contributed by atoms with Crippen molar-refractivity contribution in [3.8, 4) is 0 Å². The number of benzene rings is 1. The normalized spacial score (nSPS) is 26.2. The molecule has 4 rings (SSSR count). The van der Waals surface area contributed by atoms with Crippen molar-refractivity contribution in [1.82, 2.24) is 20.0 Å². The van der Waals surface area contributed by atoms with Crippen molar-refractivity contribution in [2.45, 2.75) is 56.9 Å². The van der Waals surface area contributed by atoms with Gasteiger partial charge in [-0.3, -0.25) is 9.58 Å². The van der Waals surface area contributed by atoms with Gasteiger partial charge >= 0.3 is 0 Å². The fourth-order valence-electron chi connectivity index (χ4n) is 4.16. The SMILES string of the molecule is CN(Cc1cnn(Cc2ccc(F)cc2)c1)C1CC2CCC(C1)N2. The van der Waals surface area contributed by atoms with E-state index >= 15 is 0 Å². The number of halogens is 1. The van der Waals surface area contributed by atoms with Crippen LogP contribution >= 0.6 is 0 Å². The predicted octanol–water partition coefficient (Wildman–Crippen LogP) is 2.79. The Morgan fingerprint density at radius 2 is 1.88 bits per heavy atom. The summed E-state index contributed by atoms with van der Waals surface area (Å²) in [7, 11) is 2.23. The van der Waals surface area contributed by atoms with Crippen molar-refractivity contribution in [1.29, 1.82) is 0 Å². The molecule has 0 radical (unpaired) electrons. The van der Waals surface area contributed by atoms with Crippen LogP contribution in [0.2, 0.25) is 0 Å². The zero-order chi connectivity index (χ0) is 16.5. The highest BCUT2D eigenvalue weighted by Crippen LogP contribution is 2.29. The lowest BCUT2D eigenvalue weighted by Crippen LogP contribution is -2.46. The van der Waals surface area contributed by atoms with E-state index in [-0.39, 0.29) is 5.82 Å². The Kier molecular flexibility index (Phi) is 4.37. The molecule has 4 nitrogen and oxygen atoms in total. The van der Waals surface area contributed by atoms with Gasteiger partial charge < -0.3 is 5.32 Å². The molecule has 1 aromatic carbocycles. The number of fused-ring (bicyclic) bond motifs is 2. The highest BCUT2D eigenvalue weighted by Gasteiger charge is 2.34. The van der Waals surface area contributed by atoms with Gasteiger partial charge in [0, 0.05) is 36.4 Å². The Bertz CT molecular complexity index is 669. The maximum absolute atomic E-state index is 13.0. The number of piperidine rings is 1. The first-order chi connectivity index (χ1) is 11.7. The van der Waals surface area contributed by atoms with Gasteiger partial charge in [0.15, 0.2) is 0 Å². The van der Waals surface area contributed by atoms with Crippen LogP contribution in [0.3, 0.4) is 0 Å². The van der Waals surface area contributed by atoms with Crippen LogP contribution in [-0.2, 0) is 13.1 Å². The maximum Gasteiger partial charge on any atom is 0.123 e. The molecule has 1 aromatic heterocycles. The molecule has 2 aliphatic rings. The van der Waals surface area contributed by atoms with Crippen LogP contribution in [0, 0.1) is 5.82 Å². The Labute approximate surface area is 142 Å². The smallest absolute Gasteiger partial charge is 0.123 e. The molecule has 0 spiro atoms. The summed E-state index contributed by atoms with van der Waals surface area (Å²) in [6.45, 7) is 1.62. The second kappa shape index (κ2) is 6.65. The summed E-state index contributed by atoms with van der Waals surface area (Å²) in [6, 6.07) is 8.73. The minimum atomic E-state index is -0.197. The molecule has 2 bridgehead atoms. The second-order valence-corrected chi connectivity index (χ2v) is 7.35. The predicted molar refractivity (Wildman–Crippen MR) is 92.2 cm³/mol. The lowest BCUT2D eigenvalue weighted by atomic mass is 9.98. The lowest BCUT2D eigenvalue weighted by Gasteiger charge is -2.35. The lowest BCUT2D eigenvalue weighted by molar-refractivity contribution is 0.166. The summed E-state index contributed by atoms with van der Waals surface area (Å²) < 4.78 is 14.9. The molecule has 2 fully saturated rings. The Morgan fingerprint density at radius 1 is 1.17 bits per heavy atom. The molecule has 128 valence electrons.